The summed E-state index contributed by atoms with van der Waals surface area (Å²) in [5.74, 6) is -0.281. The molecule has 1 aromatic rings. The first kappa shape index (κ1) is 16.0. The van der Waals surface area contributed by atoms with Gasteiger partial charge >= 0.3 is 5.97 Å². The highest BCUT2D eigenvalue weighted by Crippen LogP contribution is 2.43. The predicted octanol–water partition coefficient (Wildman–Crippen LogP) is 4.37. The number of dihydropyridines is 1. The number of halogens is 1. The topological polar surface area (TPSA) is 49.3 Å². The first-order valence-corrected chi connectivity index (χ1v) is 8.12. The molecule has 0 saturated heterocycles. The lowest BCUT2D eigenvalue weighted by Crippen LogP contribution is -2.27. The second-order valence-corrected chi connectivity index (χ2v) is 6.62. The third kappa shape index (κ3) is 3.27. The summed E-state index contributed by atoms with van der Waals surface area (Å²) in [4.78, 5) is 12.8. The second kappa shape index (κ2) is 6.58. The van der Waals surface area contributed by atoms with Crippen molar-refractivity contribution >= 4 is 29.3 Å². The van der Waals surface area contributed by atoms with Crippen LogP contribution in [0.4, 0.5) is 0 Å². The van der Waals surface area contributed by atoms with Crippen LogP contribution in [0.25, 0.3) is 0 Å². The van der Waals surface area contributed by atoms with E-state index in [1.54, 1.807) is 24.8 Å². The van der Waals surface area contributed by atoms with Crippen molar-refractivity contribution in [1.29, 1.82) is 0 Å². The molecule has 1 aliphatic heterocycles. The Morgan fingerprint density at radius 3 is 2.67 bits per heavy atom. The molecule has 0 spiro atoms. The van der Waals surface area contributed by atoms with Crippen molar-refractivity contribution in [2.24, 2.45) is 0 Å². The van der Waals surface area contributed by atoms with Gasteiger partial charge in [-0.2, -0.15) is 0 Å². The molecular weight excluding hydrogens is 306 g/mol. The Labute approximate surface area is 134 Å². The molecule has 0 saturated carbocycles. The fourth-order valence-corrected chi connectivity index (χ4v) is 3.81. The van der Waals surface area contributed by atoms with Crippen LogP contribution in [0.1, 0.15) is 32.3 Å². The molecule has 1 atom stereocenters. The summed E-state index contributed by atoms with van der Waals surface area (Å²) in [5, 5.41) is 13.4. The van der Waals surface area contributed by atoms with Gasteiger partial charge in [-0.15, -0.1) is 11.8 Å². The SMILES string of the molecule is CCSC1=C(C)NC(C)=C(C(=O)O)C1c1cccc(Cl)c1. The lowest BCUT2D eigenvalue weighted by molar-refractivity contribution is -0.133. The van der Waals surface area contributed by atoms with Gasteiger partial charge in [-0.1, -0.05) is 30.7 Å². The lowest BCUT2D eigenvalue weighted by atomic mass is 9.86. The van der Waals surface area contributed by atoms with Crippen molar-refractivity contribution < 1.29 is 9.90 Å². The van der Waals surface area contributed by atoms with E-state index >= 15 is 0 Å². The maximum absolute atomic E-state index is 11.7. The molecular formula is C16H18ClNO2S. The Hall–Kier alpha value is -1.39. The summed E-state index contributed by atoms with van der Waals surface area (Å²) in [5.41, 5.74) is 3.00. The largest absolute Gasteiger partial charge is 0.478 e. The van der Waals surface area contributed by atoms with Crippen molar-refractivity contribution in [3.8, 4) is 0 Å². The summed E-state index contributed by atoms with van der Waals surface area (Å²) in [6, 6.07) is 7.43. The molecule has 0 amide bonds. The van der Waals surface area contributed by atoms with E-state index in [2.05, 4.69) is 12.2 Å². The standard InChI is InChI=1S/C16H18ClNO2S/c1-4-21-15-10(3)18-9(2)13(16(19)20)14(15)11-6-5-7-12(17)8-11/h5-8,14,18H,4H2,1-3H3,(H,19,20). The molecule has 1 aromatic carbocycles. The van der Waals surface area contributed by atoms with Gasteiger partial charge in [-0.05, 0) is 37.3 Å². The number of benzene rings is 1. The minimum absolute atomic E-state index is 0.271. The van der Waals surface area contributed by atoms with Gasteiger partial charge in [0.05, 0.1) is 11.5 Å². The van der Waals surface area contributed by atoms with Crippen LogP contribution in [0.3, 0.4) is 0 Å². The van der Waals surface area contributed by atoms with Gasteiger partial charge < -0.3 is 10.4 Å². The highest BCUT2D eigenvalue weighted by atomic mass is 35.5. The third-order valence-corrected chi connectivity index (χ3v) is 4.79. The Balaban J connectivity index is 2.61. The van der Waals surface area contributed by atoms with E-state index in [0.717, 1.165) is 21.9 Å². The Morgan fingerprint density at radius 2 is 2.10 bits per heavy atom. The molecule has 0 fully saturated rings. The van der Waals surface area contributed by atoms with Crippen molar-refractivity contribution in [1.82, 2.24) is 5.32 Å². The fourth-order valence-electron chi connectivity index (χ4n) is 2.61. The van der Waals surface area contributed by atoms with Crippen molar-refractivity contribution in [3.05, 3.63) is 56.7 Å². The van der Waals surface area contributed by atoms with E-state index in [-0.39, 0.29) is 5.92 Å². The van der Waals surface area contributed by atoms with Gasteiger partial charge in [-0.3, -0.25) is 0 Å². The van der Waals surface area contributed by atoms with Gasteiger partial charge in [0.2, 0.25) is 0 Å². The average Bonchev–Trinajstić information content (AvgIpc) is 2.40. The summed E-state index contributed by atoms with van der Waals surface area (Å²) >= 11 is 7.76. The van der Waals surface area contributed by atoms with Crippen LogP contribution in [0.5, 0.6) is 0 Å². The summed E-state index contributed by atoms with van der Waals surface area (Å²) in [7, 11) is 0. The first-order valence-electron chi connectivity index (χ1n) is 6.75. The minimum Gasteiger partial charge on any atom is -0.478 e. The number of carbonyl (C=O) groups is 1. The van der Waals surface area contributed by atoms with Crippen LogP contribution < -0.4 is 5.32 Å². The maximum atomic E-state index is 11.7. The number of carboxylic acid groups (broad SMARTS) is 1. The van der Waals surface area contributed by atoms with E-state index in [1.807, 2.05) is 25.1 Å². The predicted molar refractivity (Wildman–Crippen MR) is 88.5 cm³/mol. The number of nitrogens with one attached hydrogen (secondary N) is 1. The summed E-state index contributed by atoms with van der Waals surface area (Å²) in [6.07, 6.45) is 0. The van der Waals surface area contributed by atoms with E-state index in [1.165, 1.54) is 0 Å². The van der Waals surface area contributed by atoms with Crippen LogP contribution in [-0.4, -0.2) is 16.8 Å². The fraction of sp³-hybridized carbons (Fsp3) is 0.312. The molecule has 2 N–H and O–H groups in total. The van der Waals surface area contributed by atoms with Crippen LogP contribution >= 0.6 is 23.4 Å². The number of hydrogen-bond donors (Lipinski definition) is 2. The molecule has 112 valence electrons. The molecule has 3 nitrogen and oxygen atoms in total. The molecule has 21 heavy (non-hydrogen) atoms. The zero-order chi connectivity index (χ0) is 15.6. The zero-order valence-corrected chi connectivity index (χ0v) is 13.8. The highest BCUT2D eigenvalue weighted by Gasteiger charge is 2.33. The summed E-state index contributed by atoms with van der Waals surface area (Å²) < 4.78 is 0. The normalized spacial score (nSPS) is 18.8. The smallest absolute Gasteiger partial charge is 0.334 e. The Kier molecular flexibility index (Phi) is 5.01. The zero-order valence-electron chi connectivity index (χ0n) is 12.2. The van der Waals surface area contributed by atoms with E-state index < -0.39 is 5.97 Å². The third-order valence-electron chi connectivity index (χ3n) is 3.41. The number of hydrogen-bond acceptors (Lipinski definition) is 3. The number of carboxylic acids is 1. The van der Waals surface area contributed by atoms with Gasteiger partial charge in [0, 0.05) is 21.3 Å². The molecule has 0 bridgehead atoms. The average molecular weight is 324 g/mol. The minimum atomic E-state index is -0.897. The van der Waals surface area contributed by atoms with Crippen LogP contribution in [0.2, 0.25) is 5.02 Å². The van der Waals surface area contributed by atoms with Crippen molar-refractivity contribution in [3.63, 3.8) is 0 Å². The van der Waals surface area contributed by atoms with Crippen molar-refractivity contribution in [2.45, 2.75) is 26.7 Å². The van der Waals surface area contributed by atoms with Gasteiger partial charge in [0.15, 0.2) is 0 Å². The quantitative estimate of drug-likeness (QED) is 0.863. The molecule has 5 heteroatoms. The highest BCUT2D eigenvalue weighted by molar-refractivity contribution is 8.03. The Morgan fingerprint density at radius 1 is 1.38 bits per heavy atom. The van der Waals surface area contributed by atoms with E-state index in [9.17, 15) is 9.90 Å². The molecule has 0 aliphatic carbocycles. The number of allylic oxidation sites excluding steroid dienone is 3. The molecule has 1 unspecified atom stereocenters. The monoisotopic (exact) mass is 323 g/mol. The lowest BCUT2D eigenvalue weighted by Gasteiger charge is -2.30. The molecule has 2 rings (SSSR count). The second-order valence-electron chi connectivity index (χ2n) is 4.88. The van der Waals surface area contributed by atoms with Crippen LogP contribution in [0, 0.1) is 0 Å². The first-order chi connectivity index (χ1) is 9.95. The maximum Gasteiger partial charge on any atom is 0.334 e. The molecule has 1 heterocycles. The number of thioether (sulfide) groups is 1. The van der Waals surface area contributed by atoms with Gasteiger partial charge in [-0.25, -0.2) is 4.79 Å². The van der Waals surface area contributed by atoms with E-state index in [0.29, 0.717) is 16.3 Å². The molecule has 0 radical (unpaired) electrons. The van der Waals surface area contributed by atoms with Crippen LogP contribution in [-0.2, 0) is 4.79 Å². The number of rotatable bonds is 4. The number of aliphatic carboxylic acids is 1. The Bertz CT molecular complexity index is 637. The van der Waals surface area contributed by atoms with E-state index in [4.69, 9.17) is 11.6 Å². The van der Waals surface area contributed by atoms with Crippen molar-refractivity contribution in [2.75, 3.05) is 5.75 Å². The summed E-state index contributed by atoms with van der Waals surface area (Å²) in [6.45, 7) is 5.85. The van der Waals surface area contributed by atoms with Crippen LogP contribution in [0.15, 0.2) is 46.1 Å². The van der Waals surface area contributed by atoms with Gasteiger partial charge in [0.1, 0.15) is 0 Å². The van der Waals surface area contributed by atoms with Gasteiger partial charge in [0.25, 0.3) is 0 Å². The molecule has 0 aromatic heterocycles. The molecule has 1 aliphatic rings.